The van der Waals surface area contributed by atoms with Gasteiger partial charge in [-0.1, -0.05) is 17.7 Å². The van der Waals surface area contributed by atoms with Crippen molar-refractivity contribution in [2.45, 2.75) is 31.8 Å². The maximum absolute atomic E-state index is 14.3. The quantitative estimate of drug-likeness (QED) is 0.413. The number of nitrogens with one attached hydrogen (secondary N) is 1. The van der Waals surface area contributed by atoms with E-state index in [1.165, 1.54) is 40.0 Å². The van der Waals surface area contributed by atoms with Crippen molar-refractivity contribution in [3.05, 3.63) is 76.7 Å². The molecule has 1 amide bonds. The van der Waals surface area contributed by atoms with Crippen LogP contribution in [0.4, 0.5) is 4.39 Å². The second-order valence-corrected chi connectivity index (χ2v) is 8.39. The average molecular weight is 466 g/mol. The molecule has 0 spiro atoms. The van der Waals surface area contributed by atoms with Crippen molar-refractivity contribution in [2.75, 3.05) is 0 Å². The van der Waals surface area contributed by atoms with Crippen LogP contribution in [0.5, 0.6) is 0 Å². The highest BCUT2D eigenvalue weighted by Gasteiger charge is 2.24. The number of aromatic nitrogens is 8. The van der Waals surface area contributed by atoms with E-state index in [1.54, 1.807) is 6.20 Å². The molecule has 0 bridgehead atoms. The van der Waals surface area contributed by atoms with Crippen LogP contribution in [0.15, 0.2) is 43.1 Å². The summed E-state index contributed by atoms with van der Waals surface area (Å²) in [5.41, 5.74) is 3.45. The van der Waals surface area contributed by atoms with E-state index in [9.17, 15) is 9.18 Å². The van der Waals surface area contributed by atoms with Crippen molar-refractivity contribution in [3.63, 3.8) is 0 Å². The highest BCUT2D eigenvalue weighted by molar-refractivity contribution is 6.31. The predicted molar refractivity (Wildman–Crippen MR) is 115 cm³/mol. The van der Waals surface area contributed by atoms with E-state index in [-0.39, 0.29) is 29.5 Å². The van der Waals surface area contributed by atoms with Crippen molar-refractivity contribution in [1.82, 2.24) is 44.3 Å². The topological polar surface area (TPSA) is 107 Å². The molecule has 0 aliphatic heterocycles. The highest BCUT2D eigenvalue weighted by atomic mass is 35.5. The van der Waals surface area contributed by atoms with E-state index in [0.717, 1.165) is 11.3 Å². The zero-order chi connectivity index (χ0) is 22.5. The van der Waals surface area contributed by atoms with Crippen molar-refractivity contribution >= 4 is 28.7 Å². The summed E-state index contributed by atoms with van der Waals surface area (Å²) in [6.07, 6.45) is 9.55. The third kappa shape index (κ3) is 3.69. The molecule has 1 saturated carbocycles. The number of pyridine rings is 2. The average Bonchev–Trinajstić information content (AvgIpc) is 3.23. The zero-order valence-corrected chi connectivity index (χ0v) is 17.9. The number of rotatable bonds is 6. The molecule has 5 aromatic rings. The van der Waals surface area contributed by atoms with Gasteiger partial charge in [-0.05, 0) is 41.7 Å². The molecule has 6 rings (SSSR count). The highest BCUT2D eigenvalue weighted by Crippen LogP contribution is 2.39. The van der Waals surface area contributed by atoms with Crippen molar-refractivity contribution in [3.8, 4) is 0 Å². The smallest absolute Gasteiger partial charge is 0.293 e. The molecule has 0 atom stereocenters. The van der Waals surface area contributed by atoms with E-state index in [4.69, 9.17) is 11.6 Å². The number of fused-ring (bicyclic) bond motifs is 2. The Morgan fingerprint density at radius 3 is 2.94 bits per heavy atom. The minimum Gasteiger partial charge on any atom is -0.343 e. The van der Waals surface area contributed by atoms with Gasteiger partial charge in [-0.25, -0.2) is 14.4 Å². The summed E-state index contributed by atoms with van der Waals surface area (Å²) in [7, 11) is 0. The van der Waals surface area contributed by atoms with Gasteiger partial charge in [-0.3, -0.25) is 4.79 Å². The molecule has 10 nitrogen and oxygen atoms in total. The summed E-state index contributed by atoms with van der Waals surface area (Å²) in [5, 5.41) is 14.5. The maximum Gasteiger partial charge on any atom is 0.293 e. The number of nitrogens with zero attached hydrogens (tertiary/aromatic N) is 8. The summed E-state index contributed by atoms with van der Waals surface area (Å²) in [5.74, 6) is -0.584. The lowest BCUT2D eigenvalue weighted by Crippen LogP contribution is -2.24. The summed E-state index contributed by atoms with van der Waals surface area (Å²) >= 11 is 5.85. The zero-order valence-electron chi connectivity index (χ0n) is 17.2. The Bertz CT molecular complexity index is 1520. The first kappa shape index (κ1) is 19.8. The number of imidazole rings is 2. The van der Waals surface area contributed by atoms with Gasteiger partial charge in [0.25, 0.3) is 11.7 Å². The molecular formula is C21H17ClFN9O. The van der Waals surface area contributed by atoms with Crippen LogP contribution in [0.25, 0.3) is 11.2 Å². The fourth-order valence-corrected chi connectivity index (χ4v) is 3.95. The van der Waals surface area contributed by atoms with Gasteiger partial charge in [-0.15, -0.1) is 10.2 Å². The number of carbonyl (C=O) groups is 1. The van der Waals surface area contributed by atoms with Gasteiger partial charge in [0.1, 0.15) is 17.7 Å². The van der Waals surface area contributed by atoms with Crippen LogP contribution in [-0.2, 0) is 13.1 Å². The first-order chi connectivity index (χ1) is 16.0. The Balaban J connectivity index is 1.14. The number of amides is 1. The summed E-state index contributed by atoms with van der Waals surface area (Å²) in [6.45, 7) is 0.257. The molecule has 166 valence electrons. The predicted octanol–water partition coefficient (Wildman–Crippen LogP) is 2.62. The Morgan fingerprint density at radius 1 is 1.21 bits per heavy atom. The number of hydrogen-bond donors (Lipinski definition) is 1. The van der Waals surface area contributed by atoms with Gasteiger partial charge < -0.3 is 14.1 Å². The number of tetrazole rings is 1. The minimum atomic E-state index is -0.596. The van der Waals surface area contributed by atoms with E-state index < -0.39 is 11.7 Å². The monoisotopic (exact) mass is 465 g/mol. The van der Waals surface area contributed by atoms with Crippen LogP contribution in [0.2, 0.25) is 5.02 Å². The van der Waals surface area contributed by atoms with Crippen molar-refractivity contribution < 1.29 is 9.18 Å². The molecule has 5 aromatic heterocycles. The molecule has 1 aliphatic carbocycles. The molecule has 0 saturated heterocycles. The van der Waals surface area contributed by atoms with Crippen LogP contribution in [-0.4, -0.2) is 44.9 Å². The van der Waals surface area contributed by atoms with Crippen LogP contribution in [0.3, 0.4) is 0 Å². The van der Waals surface area contributed by atoms with E-state index >= 15 is 0 Å². The van der Waals surface area contributed by atoms with E-state index in [1.807, 2.05) is 16.7 Å². The van der Waals surface area contributed by atoms with Gasteiger partial charge in [0.2, 0.25) is 0 Å². The van der Waals surface area contributed by atoms with Gasteiger partial charge in [-0.2, -0.15) is 4.80 Å². The lowest BCUT2D eigenvalue weighted by atomic mass is 10.2. The lowest BCUT2D eigenvalue weighted by Gasteiger charge is -2.03. The molecule has 1 fully saturated rings. The lowest BCUT2D eigenvalue weighted by molar-refractivity contribution is 0.0939. The number of carbonyl (C=O) groups excluding carboxylic acids is 1. The van der Waals surface area contributed by atoms with Crippen LogP contribution >= 0.6 is 11.6 Å². The third-order valence-electron chi connectivity index (χ3n) is 5.62. The molecule has 1 aliphatic rings. The SMILES string of the molecule is O=C(NCc1ncn2ccc(Cl)c(F)c12)c1nnn(Cc2cn3cc(C4CC4)ccc3n2)n1. The van der Waals surface area contributed by atoms with Gasteiger partial charge in [0.15, 0.2) is 5.82 Å². The van der Waals surface area contributed by atoms with Crippen LogP contribution < -0.4 is 5.32 Å². The Labute approximate surface area is 191 Å². The summed E-state index contributed by atoms with van der Waals surface area (Å²) in [6, 6.07) is 5.55. The molecule has 12 heteroatoms. The number of halogens is 2. The van der Waals surface area contributed by atoms with Crippen LogP contribution in [0.1, 0.15) is 46.3 Å². The molecule has 1 N–H and O–H groups in total. The molecular weight excluding hydrogens is 449 g/mol. The number of hydrogen-bond acceptors (Lipinski definition) is 6. The van der Waals surface area contributed by atoms with Crippen molar-refractivity contribution in [2.24, 2.45) is 0 Å². The minimum absolute atomic E-state index is 0.0170. The fraction of sp³-hybridized carbons (Fsp3) is 0.238. The normalized spacial score (nSPS) is 13.8. The Kier molecular flexibility index (Phi) is 4.57. The fourth-order valence-electron chi connectivity index (χ4n) is 3.80. The van der Waals surface area contributed by atoms with E-state index in [0.29, 0.717) is 11.6 Å². The standard InChI is InChI=1S/C21H17ClFN9O/c22-15-5-6-30-11-25-16(19(30)18(15)23)7-24-21(33)20-27-29-32(28-20)10-14-9-31-8-13(12-1-2-12)3-4-17(31)26-14/h3-6,8-9,11-12H,1-2,7,10H2,(H,24,33). The molecule has 0 aromatic carbocycles. The first-order valence-corrected chi connectivity index (χ1v) is 10.8. The molecule has 0 radical (unpaired) electrons. The van der Waals surface area contributed by atoms with Gasteiger partial charge >= 0.3 is 0 Å². The van der Waals surface area contributed by atoms with Gasteiger partial charge in [0, 0.05) is 18.6 Å². The second kappa shape index (κ2) is 7.62. The second-order valence-electron chi connectivity index (χ2n) is 7.99. The van der Waals surface area contributed by atoms with Crippen molar-refractivity contribution in [1.29, 1.82) is 0 Å². The molecule has 5 heterocycles. The summed E-state index contributed by atoms with van der Waals surface area (Å²) < 4.78 is 17.8. The van der Waals surface area contributed by atoms with Gasteiger partial charge in [0.05, 0.1) is 29.3 Å². The molecule has 33 heavy (non-hydrogen) atoms. The first-order valence-electron chi connectivity index (χ1n) is 10.4. The van der Waals surface area contributed by atoms with Crippen LogP contribution in [0, 0.1) is 5.82 Å². The Hall–Kier alpha value is -3.86. The third-order valence-corrected chi connectivity index (χ3v) is 5.91. The van der Waals surface area contributed by atoms with E-state index in [2.05, 4.69) is 43.0 Å². The Morgan fingerprint density at radius 2 is 2.09 bits per heavy atom. The maximum atomic E-state index is 14.3. The molecule has 0 unspecified atom stereocenters. The summed E-state index contributed by atoms with van der Waals surface area (Å²) in [4.78, 5) is 22.5. The largest absolute Gasteiger partial charge is 0.343 e.